The minimum atomic E-state index is -0.319. The van der Waals surface area contributed by atoms with Crippen molar-refractivity contribution < 1.29 is 13.7 Å². The Morgan fingerprint density at radius 2 is 1.69 bits per heavy atom. The van der Waals surface area contributed by atoms with E-state index in [0.29, 0.717) is 65.6 Å². The molecule has 4 rings (SSSR count). The number of carbonyl (C=O) groups is 1. The lowest BCUT2D eigenvalue weighted by atomic mass is 10.2. The molecular weight excluding hydrogens is 418 g/mol. The van der Waals surface area contributed by atoms with Crippen molar-refractivity contribution in [3.05, 3.63) is 69.7 Å². The molecule has 0 atom stereocenters. The second kappa shape index (κ2) is 8.49. The predicted octanol–water partition coefficient (Wildman–Crippen LogP) is 4.14. The molecule has 1 aliphatic heterocycles. The molecule has 3 aromatic rings. The highest BCUT2D eigenvalue weighted by Crippen LogP contribution is 2.21. The Hall–Kier alpha value is -2.48. The molecule has 1 fully saturated rings. The molecule has 2 aromatic carbocycles. The van der Waals surface area contributed by atoms with E-state index in [-0.39, 0.29) is 11.7 Å². The molecule has 150 valence electrons. The van der Waals surface area contributed by atoms with Crippen LogP contribution >= 0.6 is 23.2 Å². The first-order valence-electron chi connectivity index (χ1n) is 9.04. The van der Waals surface area contributed by atoms with Crippen molar-refractivity contribution in [3.63, 3.8) is 0 Å². The molecule has 29 heavy (non-hydrogen) atoms. The van der Waals surface area contributed by atoms with Gasteiger partial charge in [0.15, 0.2) is 5.82 Å². The molecule has 0 unspecified atom stereocenters. The summed E-state index contributed by atoms with van der Waals surface area (Å²) in [5, 5.41) is 4.88. The molecule has 6 nitrogen and oxygen atoms in total. The van der Waals surface area contributed by atoms with Crippen LogP contribution in [0.4, 0.5) is 4.39 Å². The van der Waals surface area contributed by atoms with E-state index in [1.807, 2.05) is 0 Å². The minimum absolute atomic E-state index is 0.0905. The van der Waals surface area contributed by atoms with Gasteiger partial charge >= 0.3 is 0 Å². The van der Waals surface area contributed by atoms with Gasteiger partial charge < -0.3 is 9.42 Å². The number of piperazine rings is 1. The molecule has 1 amide bonds. The lowest BCUT2D eigenvalue weighted by Crippen LogP contribution is -2.48. The Morgan fingerprint density at radius 3 is 2.34 bits per heavy atom. The van der Waals surface area contributed by atoms with Crippen molar-refractivity contribution in [2.75, 3.05) is 26.2 Å². The maximum absolute atomic E-state index is 13.0. The van der Waals surface area contributed by atoms with Crippen LogP contribution in [0.25, 0.3) is 11.5 Å². The molecule has 0 bridgehead atoms. The number of carbonyl (C=O) groups excluding carboxylic acids is 1. The second-order valence-corrected chi connectivity index (χ2v) is 7.62. The van der Waals surface area contributed by atoms with E-state index in [2.05, 4.69) is 15.0 Å². The van der Waals surface area contributed by atoms with E-state index in [4.69, 9.17) is 27.7 Å². The largest absolute Gasteiger partial charge is 0.336 e. The van der Waals surface area contributed by atoms with Crippen molar-refractivity contribution in [1.82, 2.24) is 19.9 Å². The highest BCUT2D eigenvalue weighted by atomic mass is 35.5. The molecule has 0 aliphatic carbocycles. The summed E-state index contributed by atoms with van der Waals surface area (Å²) in [6, 6.07) is 10.7. The summed E-state index contributed by atoms with van der Waals surface area (Å²) in [6.45, 7) is 3.02. The van der Waals surface area contributed by atoms with Gasteiger partial charge in [-0.2, -0.15) is 4.98 Å². The number of nitrogens with zero attached hydrogens (tertiary/aromatic N) is 4. The topological polar surface area (TPSA) is 62.5 Å². The van der Waals surface area contributed by atoms with E-state index in [0.717, 1.165) is 0 Å². The van der Waals surface area contributed by atoms with E-state index in [9.17, 15) is 9.18 Å². The van der Waals surface area contributed by atoms with Crippen molar-refractivity contribution in [3.8, 4) is 11.5 Å². The van der Waals surface area contributed by atoms with Crippen LogP contribution in [0.5, 0.6) is 0 Å². The lowest BCUT2D eigenvalue weighted by Gasteiger charge is -2.34. The number of amides is 1. The number of halogens is 3. The smallest absolute Gasteiger partial charge is 0.257 e. The second-order valence-electron chi connectivity index (χ2n) is 6.75. The zero-order valence-corrected chi connectivity index (χ0v) is 16.8. The third-order valence-corrected chi connectivity index (χ3v) is 5.13. The molecule has 0 spiro atoms. The van der Waals surface area contributed by atoms with Gasteiger partial charge in [0.2, 0.25) is 0 Å². The number of hydrogen-bond acceptors (Lipinski definition) is 5. The summed E-state index contributed by atoms with van der Waals surface area (Å²) in [7, 11) is 0. The van der Waals surface area contributed by atoms with E-state index in [1.54, 1.807) is 35.2 Å². The highest BCUT2D eigenvalue weighted by Gasteiger charge is 2.24. The minimum Gasteiger partial charge on any atom is -0.336 e. The summed E-state index contributed by atoms with van der Waals surface area (Å²) in [5.41, 5.74) is 1.15. The predicted molar refractivity (Wildman–Crippen MR) is 107 cm³/mol. The van der Waals surface area contributed by atoms with Crippen molar-refractivity contribution in [2.45, 2.75) is 6.54 Å². The van der Waals surface area contributed by atoms with Gasteiger partial charge in [-0.05, 0) is 42.5 Å². The van der Waals surface area contributed by atoms with Crippen LogP contribution in [0.3, 0.4) is 0 Å². The van der Waals surface area contributed by atoms with Gasteiger partial charge in [-0.25, -0.2) is 4.39 Å². The van der Waals surface area contributed by atoms with Crippen LogP contribution in [0.2, 0.25) is 10.0 Å². The Balaban J connectivity index is 1.34. The van der Waals surface area contributed by atoms with Crippen molar-refractivity contribution in [1.29, 1.82) is 0 Å². The third kappa shape index (κ3) is 4.75. The first-order chi connectivity index (χ1) is 14.0. The molecule has 1 aliphatic rings. The number of benzene rings is 2. The van der Waals surface area contributed by atoms with Crippen LogP contribution in [0, 0.1) is 5.82 Å². The van der Waals surface area contributed by atoms with E-state index >= 15 is 0 Å². The molecule has 0 radical (unpaired) electrons. The van der Waals surface area contributed by atoms with Crippen LogP contribution in [0.15, 0.2) is 47.0 Å². The monoisotopic (exact) mass is 434 g/mol. The Morgan fingerprint density at radius 1 is 1.03 bits per heavy atom. The van der Waals surface area contributed by atoms with Crippen molar-refractivity contribution in [2.24, 2.45) is 0 Å². The van der Waals surface area contributed by atoms with Gasteiger partial charge in [-0.3, -0.25) is 9.69 Å². The van der Waals surface area contributed by atoms with Crippen LogP contribution < -0.4 is 0 Å². The molecule has 1 saturated heterocycles. The summed E-state index contributed by atoms with van der Waals surface area (Å²) < 4.78 is 18.3. The molecule has 0 saturated carbocycles. The molecule has 1 aromatic heterocycles. The Bertz CT molecular complexity index is 997. The van der Waals surface area contributed by atoms with Crippen LogP contribution in [-0.2, 0) is 6.54 Å². The average molecular weight is 435 g/mol. The lowest BCUT2D eigenvalue weighted by molar-refractivity contribution is 0.0624. The first-order valence-corrected chi connectivity index (χ1v) is 9.80. The fourth-order valence-electron chi connectivity index (χ4n) is 3.20. The molecule has 0 N–H and O–H groups in total. The zero-order valence-electron chi connectivity index (χ0n) is 15.3. The maximum Gasteiger partial charge on any atom is 0.257 e. The van der Waals surface area contributed by atoms with E-state index < -0.39 is 0 Å². The van der Waals surface area contributed by atoms with Gasteiger partial charge in [0.05, 0.1) is 6.54 Å². The fourth-order valence-corrected chi connectivity index (χ4v) is 3.72. The summed E-state index contributed by atoms with van der Waals surface area (Å²) in [4.78, 5) is 21.0. The summed E-state index contributed by atoms with van der Waals surface area (Å²) in [5.74, 6) is 0.491. The Kier molecular flexibility index (Phi) is 5.80. The van der Waals surface area contributed by atoms with Crippen molar-refractivity contribution >= 4 is 29.1 Å². The number of rotatable bonds is 4. The van der Waals surface area contributed by atoms with Gasteiger partial charge in [0.25, 0.3) is 11.8 Å². The number of aromatic nitrogens is 2. The number of hydrogen-bond donors (Lipinski definition) is 0. The fraction of sp³-hybridized carbons (Fsp3) is 0.250. The molecule has 2 heterocycles. The third-order valence-electron chi connectivity index (χ3n) is 4.69. The summed E-state index contributed by atoms with van der Waals surface area (Å²) in [6.07, 6.45) is 0. The van der Waals surface area contributed by atoms with Gasteiger partial charge in [-0.1, -0.05) is 28.4 Å². The van der Waals surface area contributed by atoms with Gasteiger partial charge in [-0.15, -0.1) is 0 Å². The van der Waals surface area contributed by atoms with Gasteiger partial charge in [0, 0.05) is 47.4 Å². The quantitative estimate of drug-likeness (QED) is 0.617. The average Bonchev–Trinajstić information content (AvgIpc) is 3.16. The standard InChI is InChI=1S/C20H17Cl2FN4O2/c21-15-9-14(10-16(22)11-15)20(28)27-7-5-26(6-8-27)12-18-24-19(29-25-18)13-1-3-17(23)4-2-13/h1-4,9-11H,5-8,12H2. The summed E-state index contributed by atoms with van der Waals surface area (Å²) >= 11 is 12.0. The SMILES string of the molecule is O=C(c1cc(Cl)cc(Cl)c1)N1CCN(Cc2noc(-c3ccc(F)cc3)n2)CC1. The zero-order chi connectivity index (χ0) is 20.4. The normalized spacial score (nSPS) is 14.9. The van der Waals surface area contributed by atoms with Crippen LogP contribution in [-0.4, -0.2) is 52.0 Å². The first kappa shape index (κ1) is 19.8. The Labute approximate surface area is 176 Å². The van der Waals surface area contributed by atoms with Crippen LogP contribution in [0.1, 0.15) is 16.2 Å². The van der Waals surface area contributed by atoms with E-state index in [1.165, 1.54) is 12.1 Å². The molecular formula is C20H17Cl2FN4O2. The van der Waals surface area contributed by atoms with Gasteiger partial charge in [0.1, 0.15) is 5.82 Å². The molecule has 9 heteroatoms. The maximum atomic E-state index is 13.0. The highest BCUT2D eigenvalue weighted by molar-refractivity contribution is 6.35.